The lowest BCUT2D eigenvalue weighted by Crippen LogP contribution is -2.29. The Morgan fingerprint density at radius 3 is 2.47 bits per heavy atom. The Kier molecular flexibility index (Phi) is 5.32. The van der Waals surface area contributed by atoms with Gasteiger partial charge < -0.3 is 0 Å². The first-order valence-electron chi connectivity index (χ1n) is 5.75. The van der Waals surface area contributed by atoms with Crippen molar-refractivity contribution in [2.24, 2.45) is 5.84 Å². The van der Waals surface area contributed by atoms with Crippen LogP contribution in [-0.4, -0.2) is 0 Å². The van der Waals surface area contributed by atoms with E-state index >= 15 is 0 Å². The van der Waals surface area contributed by atoms with Gasteiger partial charge in [0.2, 0.25) is 0 Å². The molecule has 2 nitrogen and oxygen atoms in total. The molecule has 0 aliphatic rings. The minimum atomic E-state index is -0.254. The maximum atomic E-state index is 13.2. The lowest BCUT2D eigenvalue weighted by Gasteiger charge is -2.17. The quantitative estimate of drug-likeness (QED) is 0.434. The van der Waals surface area contributed by atoms with E-state index in [1.807, 2.05) is 24.3 Å². The van der Waals surface area contributed by atoms with Crippen molar-refractivity contribution in [3.63, 3.8) is 0 Å². The van der Waals surface area contributed by atoms with Crippen LogP contribution < -0.4 is 11.3 Å². The summed E-state index contributed by atoms with van der Waals surface area (Å²) in [5.41, 5.74) is 4.95. The molecule has 0 aliphatic heterocycles. The molecule has 1 unspecified atom stereocenters. The summed E-state index contributed by atoms with van der Waals surface area (Å²) in [6.07, 6.45) is 0.704. The highest BCUT2D eigenvalue weighted by Gasteiger charge is 2.11. The first-order valence-corrected chi connectivity index (χ1v) is 7.63. The summed E-state index contributed by atoms with van der Waals surface area (Å²) < 4.78 is 14.9. The molecular formula is C14H13BrFIN2. The molecule has 0 saturated heterocycles. The fourth-order valence-electron chi connectivity index (χ4n) is 1.87. The highest BCUT2D eigenvalue weighted by molar-refractivity contribution is 14.1. The van der Waals surface area contributed by atoms with Gasteiger partial charge in [-0.2, -0.15) is 0 Å². The Labute approximate surface area is 133 Å². The fraction of sp³-hybridized carbons (Fsp3) is 0.143. The van der Waals surface area contributed by atoms with Gasteiger partial charge in [-0.1, -0.05) is 18.2 Å². The van der Waals surface area contributed by atoms with Crippen LogP contribution in [0.4, 0.5) is 4.39 Å². The lowest BCUT2D eigenvalue weighted by atomic mass is 9.99. The van der Waals surface area contributed by atoms with Gasteiger partial charge in [0.15, 0.2) is 0 Å². The van der Waals surface area contributed by atoms with Crippen LogP contribution in [0.15, 0.2) is 46.9 Å². The minimum Gasteiger partial charge on any atom is -0.271 e. The summed E-state index contributed by atoms with van der Waals surface area (Å²) in [5, 5.41) is 0. The molecule has 0 bridgehead atoms. The van der Waals surface area contributed by atoms with E-state index in [1.54, 1.807) is 12.1 Å². The van der Waals surface area contributed by atoms with Crippen LogP contribution in [-0.2, 0) is 6.42 Å². The van der Waals surface area contributed by atoms with Gasteiger partial charge in [0.1, 0.15) is 5.82 Å². The van der Waals surface area contributed by atoms with Gasteiger partial charge in [-0.05, 0) is 80.3 Å². The fourth-order valence-corrected chi connectivity index (χ4v) is 2.66. The van der Waals surface area contributed by atoms with Crippen LogP contribution in [0.2, 0.25) is 0 Å². The van der Waals surface area contributed by atoms with Crippen LogP contribution in [0.3, 0.4) is 0 Å². The van der Waals surface area contributed by atoms with Crippen molar-refractivity contribution in [2.75, 3.05) is 0 Å². The molecule has 2 aromatic rings. The van der Waals surface area contributed by atoms with E-state index in [4.69, 9.17) is 5.84 Å². The molecule has 0 radical (unpaired) electrons. The van der Waals surface area contributed by atoms with E-state index in [-0.39, 0.29) is 11.9 Å². The monoisotopic (exact) mass is 434 g/mol. The SMILES string of the molecule is NNC(Cc1ccc(F)c(Br)c1)c1ccc(I)cc1. The van der Waals surface area contributed by atoms with Crippen molar-refractivity contribution in [1.29, 1.82) is 0 Å². The number of hydrazine groups is 1. The van der Waals surface area contributed by atoms with Crippen LogP contribution in [0.1, 0.15) is 17.2 Å². The number of benzene rings is 2. The van der Waals surface area contributed by atoms with Crippen LogP contribution in [0.5, 0.6) is 0 Å². The first kappa shape index (κ1) is 14.9. The highest BCUT2D eigenvalue weighted by Crippen LogP contribution is 2.22. The summed E-state index contributed by atoms with van der Waals surface area (Å²) in [5.74, 6) is 5.37. The predicted molar refractivity (Wildman–Crippen MR) is 87.0 cm³/mol. The number of nitrogens with one attached hydrogen (secondary N) is 1. The second-order valence-electron chi connectivity index (χ2n) is 4.22. The number of halogens is 3. The molecule has 1 atom stereocenters. The largest absolute Gasteiger partial charge is 0.271 e. The topological polar surface area (TPSA) is 38.0 Å². The molecule has 0 aliphatic carbocycles. The van der Waals surface area contributed by atoms with Gasteiger partial charge in [-0.25, -0.2) is 4.39 Å². The van der Waals surface area contributed by atoms with Gasteiger partial charge in [-0.15, -0.1) is 0 Å². The van der Waals surface area contributed by atoms with E-state index in [1.165, 1.54) is 9.64 Å². The van der Waals surface area contributed by atoms with Crippen molar-refractivity contribution in [3.05, 3.63) is 67.5 Å². The summed E-state index contributed by atoms with van der Waals surface area (Å²) in [6, 6.07) is 13.2. The average Bonchev–Trinajstić information content (AvgIpc) is 2.41. The van der Waals surface area contributed by atoms with Crippen LogP contribution in [0, 0.1) is 9.39 Å². The Bertz CT molecular complexity index is 560. The van der Waals surface area contributed by atoms with Gasteiger partial charge >= 0.3 is 0 Å². The molecule has 2 aromatic carbocycles. The predicted octanol–water partition coefficient (Wildman–Crippen LogP) is 3.94. The third kappa shape index (κ3) is 3.98. The van der Waals surface area contributed by atoms with E-state index in [0.717, 1.165) is 11.1 Å². The third-order valence-electron chi connectivity index (χ3n) is 2.90. The maximum Gasteiger partial charge on any atom is 0.137 e. The molecule has 2 rings (SSSR count). The van der Waals surface area contributed by atoms with Crippen molar-refractivity contribution in [2.45, 2.75) is 12.5 Å². The van der Waals surface area contributed by atoms with Gasteiger partial charge in [0.05, 0.1) is 4.47 Å². The minimum absolute atomic E-state index is 0.00867. The first-order chi connectivity index (χ1) is 9.10. The van der Waals surface area contributed by atoms with Gasteiger partial charge in [0.25, 0.3) is 0 Å². The third-order valence-corrected chi connectivity index (χ3v) is 4.22. The summed E-state index contributed by atoms with van der Waals surface area (Å²) >= 11 is 5.46. The molecule has 0 heterocycles. The molecule has 0 fully saturated rings. The second kappa shape index (κ2) is 6.78. The zero-order valence-electron chi connectivity index (χ0n) is 10.0. The zero-order chi connectivity index (χ0) is 13.8. The van der Waals surface area contributed by atoms with Crippen molar-refractivity contribution in [3.8, 4) is 0 Å². The Hall–Kier alpha value is -0.500. The summed E-state index contributed by atoms with van der Waals surface area (Å²) in [6.45, 7) is 0. The number of nitrogens with two attached hydrogens (primary N) is 1. The van der Waals surface area contributed by atoms with Gasteiger partial charge in [0, 0.05) is 9.61 Å². The molecule has 5 heteroatoms. The second-order valence-corrected chi connectivity index (χ2v) is 6.32. The zero-order valence-corrected chi connectivity index (χ0v) is 13.8. The molecule has 0 aromatic heterocycles. The molecule has 3 N–H and O–H groups in total. The molecule has 19 heavy (non-hydrogen) atoms. The van der Waals surface area contributed by atoms with E-state index in [2.05, 4.69) is 43.9 Å². The molecule has 0 spiro atoms. The van der Waals surface area contributed by atoms with Crippen molar-refractivity contribution >= 4 is 38.5 Å². The maximum absolute atomic E-state index is 13.2. The average molecular weight is 435 g/mol. The Morgan fingerprint density at radius 1 is 1.21 bits per heavy atom. The van der Waals surface area contributed by atoms with E-state index in [9.17, 15) is 4.39 Å². The lowest BCUT2D eigenvalue weighted by molar-refractivity contribution is 0.550. The summed E-state index contributed by atoms with van der Waals surface area (Å²) in [7, 11) is 0. The standard InChI is InChI=1S/C14H13BrFIN2/c15-12-7-9(1-6-13(12)16)8-14(19-18)10-2-4-11(17)5-3-10/h1-7,14,19H,8,18H2. The smallest absolute Gasteiger partial charge is 0.137 e. The highest BCUT2D eigenvalue weighted by atomic mass is 127. The van der Waals surface area contributed by atoms with E-state index < -0.39 is 0 Å². The molecule has 0 saturated carbocycles. The number of hydrogen-bond donors (Lipinski definition) is 2. The van der Waals surface area contributed by atoms with Crippen molar-refractivity contribution < 1.29 is 4.39 Å². The summed E-state index contributed by atoms with van der Waals surface area (Å²) in [4.78, 5) is 0. The molecule has 100 valence electrons. The normalized spacial score (nSPS) is 12.4. The Balaban J connectivity index is 2.18. The van der Waals surface area contributed by atoms with Crippen LogP contribution in [0.25, 0.3) is 0 Å². The Morgan fingerprint density at radius 2 is 1.89 bits per heavy atom. The number of rotatable bonds is 4. The van der Waals surface area contributed by atoms with E-state index in [0.29, 0.717) is 10.9 Å². The molecular weight excluding hydrogens is 422 g/mol. The van der Waals surface area contributed by atoms with Crippen molar-refractivity contribution in [1.82, 2.24) is 5.43 Å². The number of hydrogen-bond acceptors (Lipinski definition) is 2. The van der Waals surface area contributed by atoms with Crippen LogP contribution >= 0.6 is 38.5 Å². The molecule has 0 amide bonds. The van der Waals surface area contributed by atoms with Gasteiger partial charge in [-0.3, -0.25) is 11.3 Å².